The number of hydrogen-bond acceptors (Lipinski definition) is 7. The number of hydrogen-bond donors (Lipinski definition) is 2. The van der Waals surface area contributed by atoms with E-state index in [2.05, 4.69) is 6.92 Å². The number of rotatable bonds is 14. The zero-order valence-electron chi connectivity index (χ0n) is 24.3. The van der Waals surface area contributed by atoms with Crippen LogP contribution in [0.25, 0.3) is 6.08 Å². The van der Waals surface area contributed by atoms with E-state index in [0.717, 1.165) is 25.7 Å². The van der Waals surface area contributed by atoms with Crippen molar-refractivity contribution in [1.82, 2.24) is 0 Å². The molecule has 3 aliphatic carbocycles. The molecular weight excluding hydrogens is 542 g/mol. The Kier molecular flexibility index (Phi) is 10.1. The third-order valence-corrected chi connectivity index (χ3v) is 8.85. The van der Waals surface area contributed by atoms with Crippen molar-refractivity contribution in [3.63, 3.8) is 0 Å². The smallest absolute Gasteiger partial charge is 0.403 e. The van der Waals surface area contributed by atoms with Crippen LogP contribution in [0.15, 0.2) is 48.5 Å². The molecule has 0 spiro atoms. The summed E-state index contributed by atoms with van der Waals surface area (Å²) in [5.41, 5.74) is 12.1. The molecule has 4 N–H and O–H groups in total. The van der Waals surface area contributed by atoms with Crippen LogP contribution in [0, 0.1) is 10.8 Å². The quantitative estimate of drug-likeness (QED) is 0.102. The summed E-state index contributed by atoms with van der Waals surface area (Å²) in [7, 11) is 0. The number of carbonyl (C=O) groups is 2. The molecule has 2 aromatic rings. The first-order valence-electron chi connectivity index (χ1n) is 14.9. The lowest BCUT2D eigenvalue weighted by molar-refractivity contribution is -0.289. The van der Waals surface area contributed by atoms with Crippen LogP contribution in [0.1, 0.15) is 93.5 Å². The van der Waals surface area contributed by atoms with E-state index in [0.29, 0.717) is 42.6 Å². The average molecular weight is 585 g/mol. The van der Waals surface area contributed by atoms with Gasteiger partial charge in [-0.2, -0.15) is 8.78 Å². The highest BCUT2D eigenvalue weighted by Crippen LogP contribution is 2.63. The summed E-state index contributed by atoms with van der Waals surface area (Å²) >= 11 is 0. The Morgan fingerprint density at radius 1 is 0.881 bits per heavy atom. The monoisotopic (exact) mass is 584 g/mol. The van der Waals surface area contributed by atoms with E-state index in [9.17, 15) is 9.59 Å². The van der Waals surface area contributed by atoms with Gasteiger partial charge in [-0.25, -0.2) is 9.59 Å². The lowest BCUT2D eigenvalue weighted by atomic mass is 9.52. The number of benzene rings is 2. The van der Waals surface area contributed by atoms with Gasteiger partial charge in [-0.05, 0) is 92.3 Å². The van der Waals surface area contributed by atoms with E-state index < -0.39 is 23.5 Å². The van der Waals surface area contributed by atoms with Crippen LogP contribution in [-0.2, 0) is 14.3 Å². The van der Waals surface area contributed by atoms with Crippen molar-refractivity contribution < 1.29 is 32.6 Å². The molecule has 0 heterocycles. The van der Waals surface area contributed by atoms with E-state index in [-0.39, 0.29) is 29.9 Å². The zero-order chi connectivity index (χ0) is 30.2. The molecule has 9 heteroatoms. The molecule has 0 saturated heterocycles. The summed E-state index contributed by atoms with van der Waals surface area (Å²) < 4.78 is 46.5. The van der Waals surface area contributed by atoms with Crippen molar-refractivity contribution >= 4 is 29.4 Å². The fraction of sp³-hybridized carbons (Fsp3) is 0.515. The summed E-state index contributed by atoms with van der Waals surface area (Å²) in [6.45, 7) is 2.30. The van der Waals surface area contributed by atoms with Crippen LogP contribution >= 0.6 is 0 Å². The second-order valence-electron chi connectivity index (χ2n) is 11.8. The topological polar surface area (TPSA) is 114 Å². The number of anilines is 2. The highest BCUT2D eigenvalue weighted by atomic mass is 19.3. The van der Waals surface area contributed by atoms with Crippen molar-refractivity contribution in [2.24, 2.45) is 10.8 Å². The fourth-order valence-corrected chi connectivity index (χ4v) is 6.21. The van der Waals surface area contributed by atoms with Crippen LogP contribution in [-0.4, -0.2) is 31.3 Å². The third kappa shape index (κ3) is 7.81. The van der Waals surface area contributed by atoms with Gasteiger partial charge in [0.2, 0.25) is 0 Å². The van der Waals surface area contributed by atoms with Crippen LogP contribution in [0.4, 0.5) is 20.2 Å². The Morgan fingerprint density at radius 2 is 1.50 bits per heavy atom. The van der Waals surface area contributed by atoms with Crippen molar-refractivity contribution in [1.29, 1.82) is 0 Å². The maximum atomic E-state index is 15.5. The van der Waals surface area contributed by atoms with Gasteiger partial charge in [0.25, 0.3) is 0 Å². The van der Waals surface area contributed by atoms with Gasteiger partial charge >= 0.3 is 18.0 Å². The van der Waals surface area contributed by atoms with Crippen LogP contribution < -0.4 is 16.2 Å². The molecule has 3 aliphatic rings. The summed E-state index contributed by atoms with van der Waals surface area (Å²) in [5.74, 6) is -1.03. The van der Waals surface area contributed by atoms with Crippen LogP contribution in [0.5, 0.6) is 5.75 Å². The largest absolute Gasteiger partial charge is 0.462 e. The summed E-state index contributed by atoms with van der Waals surface area (Å²) in [4.78, 5) is 24.1. The highest BCUT2D eigenvalue weighted by molar-refractivity contribution is 5.91. The van der Waals surface area contributed by atoms with Crippen molar-refractivity contribution in [2.45, 2.75) is 83.7 Å². The van der Waals surface area contributed by atoms with Crippen LogP contribution in [0.2, 0.25) is 0 Å². The maximum absolute atomic E-state index is 15.5. The van der Waals surface area contributed by atoms with Gasteiger partial charge < -0.3 is 25.7 Å². The molecule has 2 bridgehead atoms. The number of carbonyl (C=O) groups excluding carboxylic acids is 2. The van der Waals surface area contributed by atoms with E-state index >= 15 is 8.78 Å². The SMILES string of the molecule is CCCCCC12CCC(C(F)(F)Oc3ccc(/C=C/C(=O)OCCCOC(=O)c4cc(N)cc(N)c4)cc3)(CC1)CC2. The molecule has 0 unspecified atom stereocenters. The zero-order valence-corrected chi connectivity index (χ0v) is 24.3. The van der Waals surface area contributed by atoms with Gasteiger partial charge in [0.15, 0.2) is 0 Å². The second-order valence-corrected chi connectivity index (χ2v) is 11.8. The van der Waals surface area contributed by atoms with Crippen molar-refractivity contribution in [2.75, 3.05) is 24.7 Å². The van der Waals surface area contributed by atoms with Gasteiger partial charge in [0.1, 0.15) is 5.75 Å². The minimum absolute atomic E-state index is 0.0533. The summed E-state index contributed by atoms with van der Waals surface area (Å²) in [5, 5.41) is 0. The number of nitrogen functional groups attached to an aromatic ring is 2. The van der Waals surface area contributed by atoms with E-state index in [1.54, 1.807) is 12.1 Å². The number of alkyl halides is 2. The minimum atomic E-state index is -3.24. The number of fused-ring (bicyclic) bond motifs is 3. The molecule has 3 fully saturated rings. The lowest BCUT2D eigenvalue weighted by Crippen LogP contribution is -2.53. The highest BCUT2D eigenvalue weighted by Gasteiger charge is 2.62. The molecule has 0 aliphatic heterocycles. The van der Waals surface area contributed by atoms with Gasteiger partial charge in [-0.15, -0.1) is 0 Å². The average Bonchev–Trinajstić information content (AvgIpc) is 2.97. The van der Waals surface area contributed by atoms with Gasteiger partial charge in [-0.1, -0.05) is 38.3 Å². The molecule has 2 aromatic carbocycles. The molecule has 0 atom stereocenters. The number of halogens is 2. The summed E-state index contributed by atoms with van der Waals surface area (Å²) in [6.07, 6.45) is 8.70. The molecule has 42 heavy (non-hydrogen) atoms. The third-order valence-electron chi connectivity index (χ3n) is 8.85. The number of esters is 2. The van der Waals surface area contributed by atoms with Gasteiger partial charge in [0.05, 0.1) is 24.2 Å². The Balaban J connectivity index is 1.18. The maximum Gasteiger partial charge on any atom is 0.403 e. The molecule has 3 saturated carbocycles. The molecular formula is C33H42F2N2O5. The van der Waals surface area contributed by atoms with E-state index in [1.165, 1.54) is 61.7 Å². The van der Waals surface area contributed by atoms with E-state index in [1.807, 2.05) is 0 Å². The minimum Gasteiger partial charge on any atom is -0.462 e. The Hall–Kier alpha value is -3.62. The standard InChI is InChI=1S/C33H42F2N2O5/c1-2-3-4-12-31-13-16-32(17-14-31,18-15-31)33(34,35)42-28-9-6-24(7-10-28)8-11-29(38)40-19-5-20-41-30(39)25-21-26(36)23-27(37)22-25/h6-11,21-23H,2-5,12-20,36-37H2,1H3/b11-8+. The van der Waals surface area contributed by atoms with E-state index in [4.69, 9.17) is 25.7 Å². The summed E-state index contributed by atoms with van der Waals surface area (Å²) in [6, 6.07) is 10.7. The number of ether oxygens (including phenoxy) is 3. The first-order valence-corrected chi connectivity index (χ1v) is 14.9. The first-order chi connectivity index (χ1) is 20.1. The first kappa shape index (κ1) is 31.3. The van der Waals surface area contributed by atoms with Crippen molar-refractivity contribution in [3.8, 4) is 5.75 Å². The Labute approximate surface area is 246 Å². The predicted octanol–water partition coefficient (Wildman–Crippen LogP) is 7.55. The normalized spacial score (nSPS) is 21.8. The molecule has 0 amide bonds. The van der Waals surface area contributed by atoms with Gasteiger partial charge in [0, 0.05) is 23.9 Å². The molecule has 0 radical (unpaired) electrons. The molecule has 0 aromatic heterocycles. The Morgan fingerprint density at radius 3 is 2.12 bits per heavy atom. The van der Waals surface area contributed by atoms with Crippen molar-refractivity contribution in [3.05, 3.63) is 59.7 Å². The Bertz CT molecular complexity index is 1220. The second kappa shape index (κ2) is 13.6. The molecule has 5 rings (SSSR count). The number of unbranched alkanes of at least 4 members (excludes halogenated alkanes) is 2. The van der Waals surface area contributed by atoms with Crippen LogP contribution in [0.3, 0.4) is 0 Å². The fourth-order valence-electron chi connectivity index (χ4n) is 6.21. The molecule has 7 nitrogen and oxygen atoms in total. The lowest BCUT2D eigenvalue weighted by Gasteiger charge is -2.55. The number of nitrogens with two attached hydrogens (primary N) is 2. The molecule has 228 valence electrons. The predicted molar refractivity (Wildman–Crippen MR) is 159 cm³/mol. The van der Waals surface area contributed by atoms with Gasteiger partial charge in [-0.3, -0.25) is 0 Å².